The van der Waals surface area contributed by atoms with E-state index in [9.17, 15) is 4.79 Å². The smallest absolute Gasteiger partial charge is 0.222 e. The first-order chi connectivity index (χ1) is 17.2. The second-order valence-electron chi connectivity index (χ2n) is 9.60. The number of pyridine rings is 1. The van der Waals surface area contributed by atoms with Gasteiger partial charge in [-0.3, -0.25) is 4.79 Å². The molecule has 174 valence electrons. The fourth-order valence-electron chi connectivity index (χ4n) is 5.33. The standard InChI is InChI=1S/C31H29N3O/c1-21-13-15-28-26(19-21)25(31(33-28)29-16-14-23-8-4-5-11-27(23)32-29)10-6-12-30(35)34-18-17-22-7-2-3-9-24(22)20-34/h2-5,7-9,11,13-16,19,33H,6,10,12,17-18,20H2,1H3. The van der Waals surface area contributed by atoms with Gasteiger partial charge in [0.1, 0.15) is 0 Å². The van der Waals surface area contributed by atoms with Gasteiger partial charge in [-0.25, -0.2) is 4.98 Å². The van der Waals surface area contributed by atoms with Gasteiger partial charge in [0.25, 0.3) is 0 Å². The van der Waals surface area contributed by atoms with E-state index in [2.05, 4.69) is 78.6 Å². The topological polar surface area (TPSA) is 49.0 Å². The Balaban J connectivity index is 1.25. The van der Waals surface area contributed by atoms with Crippen molar-refractivity contribution in [1.29, 1.82) is 0 Å². The van der Waals surface area contributed by atoms with E-state index in [0.717, 1.165) is 60.2 Å². The zero-order valence-corrected chi connectivity index (χ0v) is 20.1. The molecule has 35 heavy (non-hydrogen) atoms. The lowest BCUT2D eigenvalue weighted by molar-refractivity contribution is -0.132. The van der Waals surface area contributed by atoms with Crippen LogP contribution in [0.25, 0.3) is 33.2 Å². The van der Waals surface area contributed by atoms with E-state index in [1.54, 1.807) is 0 Å². The summed E-state index contributed by atoms with van der Waals surface area (Å²) in [6.45, 7) is 3.67. The lowest BCUT2D eigenvalue weighted by Gasteiger charge is -2.29. The molecule has 3 heterocycles. The molecule has 0 atom stereocenters. The maximum absolute atomic E-state index is 13.1. The van der Waals surface area contributed by atoms with Crippen LogP contribution >= 0.6 is 0 Å². The lowest BCUT2D eigenvalue weighted by Crippen LogP contribution is -2.35. The van der Waals surface area contributed by atoms with Gasteiger partial charge in [0.15, 0.2) is 0 Å². The minimum absolute atomic E-state index is 0.251. The molecule has 0 saturated carbocycles. The first-order valence-electron chi connectivity index (χ1n) is 12.5. The number of amides is 1. The molecule has 5 aromatic rings. The van der Waals surface area contributed by atoms with Gasteiger partial charge in [0, 0.05) is 35.8 Å². The Hall–Kier alpha value is -3.92. The Morgan fingerprint density at radius 1 is 0.971 bits per heavy atom. The molecule has 0 spiro atoms. The van der Waals surface area contributed by atoms with Crippen LogP contribution in [0.1, 0.15) is 35.1 Å². The molecule has 0 saturated heterocycles. The Kier molecular flexibility index (Phi) is 5.57. The van der Waals surface area contributed by atoms with Crippen LogP contribution in [-0.2, 0) is 24.2 Å². The molecule has 4 nitrogen and oxygen atoms in total. The van der Waals surface area contributed by atoms with Gasteiger partial charge in [-0.05, 0) is 67.1 Å². The number of nitrogens with one attached hydrogen (secondary N) is 1. The number of aryl methyl sites for hydroxylation is 2. The van der Waals surface area contributed by atoms with Crippen LogP contribution < -0.4 is 0 Å². The van der Waals surface area contributed by atoms with Crippen molar-refractivity contribution < 1.29 is 4.79 Å². The average molecular weight is 460 g/mol. The molecule has 6 rings (SSSR count). The van der Waals surface area contributed by atoms with Gasteiger partial charge in [-0.1, -0.05) is 60.2 Å². The van der Waals surface area contributed by atoms with E-state index in [4.69, 9.17) is 4.98 Å². The molecular formula is C31H29N3O. The molecular weight excluding hydrogens is 430 g/mol. The third kappa shape index (κ3) is 4.21. The molecule has 1 aliphatic rings. The fraction of sp³-hybridized carbons (Fsp3) is 0.226. The third-order valence-corrected chi connectivity index (χ3v) is 7.22. The largest absolute Gasteiger partial charge is 0.353 e. The molecule has 0 fully saturated rings. The first kappa shape index (κ1) is 21.6. The highest BCUT2D eigenvalue weighted by Crippen LogP contribution is 2.32. The van der Waals surface area contributed by atoms with Crippen LogP contribution in [0.4, 0.5) is 0 Å². The van der Waals surface area contributed by atoms with E-state index in [-0.39, 0.29) is 5.91 Å². The number of benzene rings is 3. The number of aromatic nitrogens is 2. The highest BCUT2D eigenvalue weighted by molar-refractivity contribution is 5.92. The SMILES string of the molecule is Cc1ccc2[nH]c(-c3ccc4ccccc4n3)c(CCCC(=O)N3CCc4ccccc4C3)c2c1. The quantitative estimate of drug-likeness (QED) is 0.322. The van der Waals surface area contributed by atoms with Crippen LogP contribution in [0.15, 0.2) is 78.9 Å². The van der Waals surface area contributed by atoms with Crippen LogP contribution in [0.3, 0.4) is 0 Å². The van der Waals surface area contributed by atoms with Crippen molar-refractivity contribution in [2.75, 3.05) is 6.54 Å². The number of fused-ring (bicyclic) bond motifs is 3. The van der Waals surface area contributed by atoms with Gasteiger partial charge < -0.3 is 9.88 Å². The molecule has 1 N–H and O–H groups in total. The molecule has 0 radical (unpaired) electrons. The van der Waals surface area contributed by atoms with Crippen molar-refractivity contribution in [2.45, 2.75) is 39.2 Å². The second kappa shape index (κ2) is 9.03. The lowest BCUT2D eigenvalue weighted by atomic mass is 9.98. The number of rotatable bonds is 5. The summed E-state index contributed by atoms with van der Waals surface area (Å²) >= 11 is 0. The molecule has 0 aliphatic carbocycles. The number of para-hydroxylation sites is 1. The minimum atomic E-state index is 0.251. The number of carbonyl (C=O) groups excluding carboxylic acids is 1. The molecule has 0 unspecified atom stereocenters. The van der Waals surface area contributed by atoms with Crippen molar-refractivity contribution in [3.8, 4) is 11.4 Å². The zero-order valence-electron chi connectivity index (χ0n) is 20.1. The van der Waals surface area contributed by atoms with Crippen LogP contribution in [0.2, 0.25) is 0 Å². The highest BCUT2D eigenvalue weighted by Gasteiger charge is 2.21. The Morgan fingerprint density at radius 2 is 1.80 bits per heavy atom. The maximum Gasteiger partial charge on any atom is 0.222 e. The summed E-state index contributed by atoms with van der Waals surface area (Å²) in [5.74, 6) is 0.251. The van der Waals surface area contributed by atoms with E-state index < -0.39 is 0 Å². The molecule has 3 aromatic carbocycles. The van der Waals surface area contributed by atoms with Crippen molar-refractivity contribution in [3.05, 3.63) is 101 Å². The summed E-state index contributed by atoms with van der Waals surface area (Å²) in [7, 11) is 0. The predicted molar refractivity (Wildman–Crippen MR) is 142 cm³/mol. The summed E-state index contributed by atoms with van der Waals surface area (Å²) in [5, 5.41) is 2.37. The van der Waals surface area contributed by atoms with Gasteiger partial charge in [-0.15, -0.1) is 0 Å². The minimum Gasteiger partial charge on any atom is -0.353 e. The van der Waals surface area contributed by atoms with E-state index in [1.165, 1.54) is 27.6 Å². The normalized spacial score (nSPS) is 13.3. The predicted octanol–water partition coefficient (Wildman–Crippen LogP) is 6.60. The van der Waals surface area contributed by atoms with Crippen LogP contribution in [0, 0.1) is 6.92 Å². The van der Waals surface area contributed by atoms with Gasteiger partial charge in [0.2, 0.25) is 5.91 Å². The maximum atomic E-state index is 13.1. The molecule has 4 heteroatoms. The molecule has 0 bridgehead atoms. The monoisotopic (exact) mass is 459 g/mol. The van der Waals surface area contributed by atoms with Crippen LogP contribution in [0.5, 0.6) is 0 Å². The van der Waals surface area contributed by atoms with Crippen molar-refractivity contribution in [2.24, 2.45) is 0 Å². The zero-order chi connectivity index (χ0) is 23.8. The van der Waals surface area contributed by atoms with Gasteiger partial charge in [0.05, 0.1) is 16.9 Å². The van der Waals surface area contributed by atoms with Gasteiger partial charge >= 0.3 is 0 Å². The first-order valence-corrected chi connectivity index (χ1v) is 12.5. The number of hydrogen-bond acceptors (Lipinski definition) is 2. The number of H-pyrrole nitrogens is 1. The summed E-state index contributed by atoms with van der Waals surface area (Å²) < 4.78 is 0. The summed E-state index contributed by atoms with van der Waals surface area (Å²) in [5.41, 5.74) is 9.27. The molecule has 1 aliphatic heterocycles. The van der Waals surface area contributed by atoms with E-state index in [0.29, 0.717) is 6.42 Å². The average Bonchev–Trinajstić information content (AvgIpc) is 3.25. The van der Waals surface area contributed by atoms with E-state index >= 15 is 0 Å². The summed E-state index contributed by atoms with van der Waals surface area (Å²) in [4.78, 5) is 23.7. The van der Waals surface area contributed by atoms with Crippen molar-refractivity contribution >= 4 is 27.7 Å². The number of nitrogens with zero attached hydrogens (tertiary/aromatic N) is 2. The van der Waals surface area contributed by atoms with E-state index in [1.807, 2.05) is 17.0 Å². The third-order valence-electron chi connectivity index (χ3n) is 7.22. The van der Waals surface area contributed by atoms with Crippen LogP contribution in [-0.4, -0.2) is 27.3 Å². The fourth-order valence-corrected chi connectivity index (χ4v) is 5.33. The van der Waals surface area contributed by atoms with Crippen molar-refractivity contribution in [1.82, 2.24) is 14.9 Å². The Labute approximate surface area is 205 Å². The Morgan fingerprint density at radius 3 is 2.71 bits per heavy atom. The number of hydrogen-bond donors (Lipinski definition) is 1. The molecule has 2 aromatic heterocycles. The summed E-state index contributed by atoms with van der Waals surface area (Å²) in [6.07, 6.45) is 3.16. The summed E-state index contributed by atoms with van der Waals surface area (Å²) in [6, 6.07) is 27.4. The number of carbonyl (C=O) groups is 1. The highest BCUT2D eigenvalue weighted by atomic mass is 16.2. The second-order valence-corrected chi connectivity index (χ2v) is 9.60. The molecule has 1 amide bonds. The Bertz CT molecular complexity index is 1550. The van der Waals surface area contributed by atoms with Gasteiger partial charge in [-0.2, -0.15) is 0 Å². The number of aromatic amines is 1. The van der Waals surface area contributed by atoms with Crippen molar-refractivity contribution in [3.63, 3.8) is 0 Å².